The summed E-state index contributed by atoms with van der Waals surface area (Å²) in [5.74, 6) is -1.07. The smallest absolute Gasteiger partial charge is 0.341 e. The van der Waals surface area contributed by atoms with Crippen molar-refractivity contribution in [3.05, 3.63) is 47.2 Å². The summed E-state index contributed by atoms with van der Waals surface area (Å²) < 4.78 is 5.02. The summed E-state index contributed by atoms with van der Waals surface area (Å²) in [4.78, 5) is 25.0. The lowest BCUT2D eigenvalue weighted by molar-refractivity contribution is -0.139. The van der Waals surface area contributed by atoms with Crippen LogP contribution in [0.5, 0.6) is 5.75 Å². The molecule has 0 saturated carbocycles. The lowest BCUT2D eigenvalue weighted by Gasteiger charge is -2.07. The first-order chi connectivity index (χ1) is 9.54. The molecule has 0 atom stereocenters. The molecule has 0 fully saturated rings. The molecule has 20 heavy (non-hydrogen) atoms. The van der Waals surface area contributed by atoms with Crippen LogP contribution in [0.3, 0.4) is 0 Å². The molecule has 0 saturated heterocycles. The normalized spacial score (nSPS) is 10.1. The summed E-state index contributed by atoms with van der Waals surface area (Å²) in [6.07, 6.45) is 1.50. The van der Waals surface area contributed by atoms with E-state index < -0.39 is 12.6 Å². The fourth-order valence-corrected chi connectivity index (χ4v) is 1.67. The highest BCUT2D eigenvalue weighted by molar-refractivity contribution is 6.31. The van der Waals surface area contributed by atoms with Gasteiger partial charge in [0.25, 0.3) is 5.91 Å². The van der Waals surface area contributed by atoms with Gasteiger partial charge in [-0.2, -0.15) is 0 Å². The Labute approximate surface area is 119 Å². The highest BCUT2D eigenvalue weighted by Gasteiger charge is 2.09. The van der Waals surface area contributed by atoms with Gasteiger partial charge in [0, 0.05) is 18.0 Å². The molecule has 1 aromatic heterocycles. The third-order valence-electron chi connectivity index (χ3n) is 2.35. The van der Waals surface area contributed by atoms with Crippen molar-refractivity contribution in [1.82, 2.24) is 4.98 Å². The van der Waals surface area contributed by atoms with E-state index in [9.17, 15) is 9.59 Å². The van der Waals surface area contributed by atoms with Crippen molar-refractivity contribution in [1.29, 1.82) is 0 Å². The summed E-state index contributed by atoms with van der Waals surface area (Å²) in [6.45, 7) is -0.441. The van der Waals surface area contributed by atoms with Gasteiger partial charge in [0.2, 0.25) is 0 Å². The number of anilines is 1. The number of ether oxygens (including phenoxy) is 1. The molecule has 0 aliphatic heterocycles. The maximum absolute atomic E-state index is 11.9. The molecule has 1 heterocycles. The number of rotatable bonds is 5. The Morgan fingerprint density at radius 3 is 2.80 bits per heavy atom. The lowest BCUT2D eigenvalue weighted by atomic mass is 10.3. The molecule has 2 rings (SSSR count). The number of halogens is 1. The number of aromatic nitrogens is 1. The standard InChI is InChI=1S/C13H11ClN2O4/c14-8-4-11(15-6-8)13(19)16-9-2-1-3-10(5-9)20-7-12(17)18/h1-6,15H,7H2,(H,16,19)(H,17,18). The van der Waals surface area contributed by atoms with Crippen molar-refractivity contribution in [2.24, 2.45) is 0 Å². The van der Waals surface area contributed by atoms with Gasteiger partial charge in [-0.15, -0.1) is 0 Å². The number of aromatic amines is 1. The summed E-state index contributed by atoms with van der Waals surface area (Å²) in [7, 11) is 0. The maximum Gasteiger partial charge on any atom is 0.341 e. The molecular formula is C13H11ClN2O4. The van der Waals surface area contributed by atoms with E-state index in [4.69, 9.17) is 21.4 Å². The van der Waals surface area contributed by atoms with Crippen LogP contribution in [0.4, 0.5) is 5.69 Å². The van der Waals surface area contributed by atoms with Crippen molar-refractivity contribution in [3.63, 3.8) is 0 Å². The summed E-state index contributed by atoms with van der Waals surface area (Å²) in [5.41, 5.74) is 0.815. The number of carbonyl (C=O) groups is 2. The zero-order valence-electron chi connectivity index (χ0n) is 10.2. The summed E-state index contributed by atoms with van der Waals surface area (Å²) in [5, 5.41) is 11.6. The lowest BCUT2D eigenvalue weighted by Crippen LogP contribution is -2.13. The molecule has 0 spiro atoms. The van der Waals surface area contributed by atoms with Crippen LogP contribution in [0.25, 0.3) is 0 Å². The Bertz CT molecular complexity index is 639. The van der Waals surface area contributed by atoms with Crippen LogP contribution >= 0.6 is 11.6 Å². The third-order valence-corrected chi connectivity index (χ3v) is 2.56. The van der Waals surface area contributed by atoms with E-state index in [0.29, 0.717) is 22.2 Å². The van der Waals surface area contributed by atoms with E-state index >= 15 is 0 Å². The van der Waals surface area contributed by atoms with E-state index in [1.165, 1.54) is 18.3 Å². The van der Waals surface area contributed by atoms with Gasteiger partial charge in [-0.05, 0) is 18.2 Å². The van der Waals surface area contributed by atoms with E-state index in [1.807, 2.05) is 0 Å². The molecule has 2 aromatic rings. The molecule has 1 amide bonds. The molecule has 6 nitrogen and oxygen atoms in total. The molecule has 1 aromatic carbocycles. The fraction of sp³-hybridized carbons (Fsp3) is 0.0769. The number of amides is 1. The molecule has 0 bridgehead atoms. The average Bonchev–Trinajstić information content (AvgIpc) is 2.84. The van der Waals surface area contributed by atoms with Crippen molar-refractivity contribution >= 4 is 29.2 Å². The number of carboxylic acid groups (broad SMARTS) is 1. The van der Waals surface area contributed by atoms with Gasteiger partial charge in [-0.1, -0.05) is 17.7 Å². The van der Waals surface area contributed by atoms with Crippen LogP contribution < -0.4 is 10.1 Å². The van der Waals surface area contributed by atoms with E-state index in [2.05, 4.69) is 10.3 Å². The molecule has 0 aliphatic rings. The Morgan fingerprint density at radius 1 is 1.35 bits per heavy atom. The van der Waals surface area contributed by atoms with E-state index in [-0.39, 0.29) is 5.91 Å². The average molecular weight is 295 g/mol. The topological polar surface area (TPSA) is 91.4 Å². The zero-order valence-corrected chi connectivity index (χ0v) is 11.0. The SMILES string of the molecule is O=C(O)COc1cccc(NC(=O)c2cc(Cl)c[nH]2)c1. The molecule has 0 radical (unpaired) electrons. The van der Waals surface area contributed by atoms with Gasteiger partial charge in [-0.3, -0.25) is 4.79 Å². The van der Waals surface area contributed by atoms with Gasteiger partial charge >= 0.3 is 5.97 Å². The van der Waals surface area contributed by atoms with Gasteiger partial charge in [-0.25, -0.2) is 4.79 Å². The van der Waals surface area contributed by atoms with E-state index in [0.717, 1.165) is 0 Å². The van der Waals surface area contributed by atoms with Crippen molar-refractivity contribution in [2.45, 2.75) is 0 Å². The minimum absolute atomic E-state index is 0.326. The maximum atomic E-state index is 11.9. The molecule has 3 N–H and O–H groups in total. The second-order valence-corrected chi connectivity index (χ2v) is 4.33. The van der Waals surface area contributed by atoms with Gasteiger partial charge in [0.05, 0.1) is 5.02 Å². The zero-order chi connectivity index (χ0) is 14.5. The number of nitrogens with one attached hydrogen (secondary N) is 2. The van der Waals surface area contributed by atoms with Crippen LogP contribution in [-0.2, 0) is 4.79 Å². The van der Waals surface area contributed by atoms with Crippen molar-refractivity contribution in [3.8, 4) is 5.75 Å². The highest BCUT2D eigenvalue weighted by Crippen LogP contribution is 2.18. The van der Waals surface area contributed by atoms with Crippen LogP contribution in [0, 0.1) is 0 Å². The molecule has 104 valence electrons. The van der Waals surface area contributed by atoms with Crippen molar-refractivity contribution < 1.29 is 19.4 Å². The Balaban J connectivity index is 2.04. The number of benzene rings is 1. The van der Waals surface area contributed by atoms with Crippen LogP contribution in [0.2, 0.25) is 5.02 Å². The first kappa shape index (κ1) is 14.0. The van der Waals surface area contributed by atoms with Gasteiger partial charge in [0.1, 0.15) is 11.4 Å². The minimum atomic E-state index is -1.07. The summed E-state index contributed by atoms with van der Waals surface area (Å²) in [6, 6.07) is 7.95. The first-order valence-corrected chi connectivity index (χ1v) is 6.02. The predicted octanol–water partition coefficient (Wildman–Crippen LogP) is 2.38. The Morgan fingerprint density at radius 2 is 2.15 bits per heavy atom. The first-order valence-electron chi connectivity index (χ1n) is 5.64. The van der Waals surface area contributed by atoms with Crippen LogP contribution in [0.1, 0.15) is 10.5 Å². The van der Waals surface area contributed by atoms with E-state index in [1.54, 1.807) is 18.2 Å². The number of hydrogen-bond donors (Lipinski definition) is 3. The molecule has 0 unspecified atom stereocenters. The predicted molar refractivity (Wildman–Crippen MR) is 73.3 cm³/mol. The van der Waals surface area contributed by atoms with Crippen LogP contribution in [-0.4, -0.2) is 28.6 Å². The Hall–Kier alpha value is -2.47. The highest BCUT2D eigenvalue weighted by atomic mass is 35.5. The molecule has 7 heteroatoms. The minimum Gasteiger partial charge on any atom is -0.482 e. The monoisotopic (exact) mass is 294 g/mol. The number of H-pyrrole nitrogens is 1. The largest absolute Gasteiger partial charge is 0.482 e. The molecule has 0 aliphatic carbocycles. The quantitative estimate of drug-likeness (QED) is 0.789. The second kappa shape index (κ2) is 6.12. The van der Waals surface area contributed by atoms with Crippen LogP contribution in [0.15, 0.2) is 36.5 Å². The fourth-order valence-electron chi connectivity index (χ4n) is 1.51. The van der Waals surface area contributed by atoms with Gasteiger partial charge in [0.15, 0.2) is 6.61 Å². The number of hydrogen-bond acceptors (Lipinski definition) is 3. The number of carboxylic acids is 1. The number of aliphatic carboxylic acids is 1. The Kier molecular flexibility index (Phi) is 4.27. The van der Waals surface area contributed by atoms with Gasteiger partial charge < -0.3 is 20.1 Å². The third kappa shape index (κ3) is 3.76. The number of carbonyl (C=O) groups excluding carboxylic acids is 1. The second-order valence-electron chi connectivity index (χ2n) is 3.90. The van der Waals surface area contributed by atoms with Crippen molar-refractivity contribution in [2.75, 3.05) is 11.9 Å². The summed E-state index contributed by atoms with van der Waals surface area (Å²) >= 11 is 5.72. The molecular weight excluding hydrogens is 284 g/mol.